The van der Waals surface area contributed by atoms with E-state index in [0.717, 1.165) is 0 Å². The summed E-state index contributed by atoms with van der Waals surface area (Å²) in [6, 6.07) is -0.945. The van der Waals surface area contributed by atoms with Gasteiger partial charge < -0.3 is 20.1 Å². The van der Waals surface area contributed by atoms with Crippen molar-refractivity contribution in [3.63, 3.8) is 0 Å². The first-order valence-electron chi connectivity index (χ1n) is 5.82. The van der Waals surface area contributed by atoms with Crippen molar-refractivity contribution in [2.24, 2.45) is 0 Å². The van der Waals surface area contributed by atoms with Crippen LogP contribution in [0.3, 0.4) is 0 Å². The highest BCUT2D eigenvalue weighted by atomic mass is 16.5. The highest BCUT2D eigenvalue weighted by Gasteiger charge is 2.34. The van der Waals surface area contributed by atoms with Gasteiger partial charge in [0.05, 0.1) is 12.5 Å². The second-order valence-electron chi connectivity index (χ2n) is 4.35. The molecule has 2 amide bonds. The number of rotatable bonds is 5. The standard InChI is InChI=1S/C11H18N2O5/c1-7(2)18-6-9(14)13-4-3-12-11(17)8(13)5-10(15)16/h7-8H,3-6H2,1-2H3,(H,12,17)(H,15,16). The predicted molar refractivity (Wildman–Crippen MR) is 61.9 cm³/mol. The Labute approximate surface area is 105 Å². The molecule has 1 rings (SSSR count). The fraction of sp³-hybridized carbons (Fsp3) is 0.727. The van der Waals surface area contributed by atoms with Crippen LogP contribution in [0.4, 0.5) is 0 Å². The average Bonchev–Trinajstić information content (AvgIpc) is 2.28. The van der Waals surface area contributed by atoms with E-state index in [1.807, 2.05) is 0 Å². The number of carboxylic acid groups (broad SMARTS) is 1. The smallest absolute Gasteiger partial charge is 0.305 e. The van der Waals surface area contributed by atoms with E-state index in [-0.39, 0.29) is 25.0 Å². The molecule has 1 heterocycles. The minimum atomic E-state index is -1.11. The topological polar surface area (TPSA) is 95.9 Å². The van der Waals surface area contributed by atoms with Gasteiger partial charge in [-0.15, -0.1) is 0 Å². The number of nitrogens with zero attached hydrogens (tertiary/aromatic N) is 1. The fourth-order valence-corrected chi connectivity index (χ4v) is 1.70. The molecule has 0 aliphatic carbocycles. The van der Waals surface area contributed by atoms with Crippen LogP contribution >= 0.6 is 0 Å². The molecule has 7 nitrogen and oxygen atoms in total. The summed E-state index contributed by atoms with van der Waals surface area (Å²) in [7, 11) is 0. The van der Waals surface area contributed by atoms with Gasteiger partial charge in [0.1, 0.15) is 12.6 Å². The van der Waals surface area contributed by atoms with E-state index < -0.39 is 17.9 Å². The van der Waals surface area contributed by atoms with Gasteiger partial charge in [-0.1, -0.05) is 0 Å². The van der Waals surface area contributed by atoms with Gasteiger partial charge in [-0.2, -0.15) is 0 Å². The van der Waals surface area contributed by atoms with E-state index in [0.29, 0.717) is 13.1 Å². The molecule has 7 heteroatoms. The fourth-order valence-electron chi connectivity index (χ4n) is 1.70. The summed E-state index contributed by atoms with van der Waals surface area (Å²) in [4.78, 5) is 35.4. The third-order valence-electron chi connectivity index (χ3n) is 2.56. The van der Waals surface area contributed by atoms with Gasteiger partial charge in [-0.05, 0) is 13.8 Å². The number of hydrogen-bond acceptors (Lipinski definition) is 4. The largest absolute Gasteiger partial charge is 0.481 e. The van der Waals surface area contributed by atoms with Crippen molar-refractivity contribution in [3.05, 3.63) is 0 Å². The molecule has 0 saturated carbocycles. The summed E-state index contributed by atoms with van der Waals surface area (Å²) >= 11 is 0. The van der Waals surface area contributed by atoms with Crippen LogP contribution in [0, 0.1) is 0 Å². The third kappa shape index (κ3) is 3.99. The molecule has 2 N–H and O–H groups in total. The maximum atomic E-state index is 11.9. The molecule has 1 fully saturated rings. The van der Waals surface area contributed by atoms with Crippen LogP contribution in [-0.4, -0.2) is 59.6 Å². The molecule has 0 aromatic heterocycles. The van der Waals surface area contributed by atoms with Crippen LogP contribution in [0.15, 0.2) is 0 Å². The lowest BCUT2D eigenvalue weighted by Crippen LogP contribution is -2.58. The molecule has 1 unspecified atom stereocenters. The van der Waals surface area contributed by atoms with E-state index >= 15 is 0 Å². The van der Waals surface area contributed by atoms with Crippen molar-refractivity contribution >= 4 is 17.8 Å². The van der Waals surface area contributed by atoms with Crippen LogP contribution in [0.1, 0.15) is 20.3 Å². The lowest BCUT2D eigenvalue weighted by molar-refractivity contribution is -0.151. The molecule has 0 aromatic rings. The molecule has 18 heavy (non-hydrogen) atoms. The van der Waals surface area contributed by atoms with Crippen LogP contribution in [-0.2, 0) is 19.1 Å². The molecule has 1 aliphatic heterocycles. The first-order chi connectivity index (χ1) is 8.41. The van der Waals surface area contributed by atoms with Crippen molar-refractivity contribution in [2.75, 3.05) is 19.7 Å². The van der Waals surface area contributed by atoms with Crippen LogP contribution < -0.4 is 5.32 Å². The molecule has 0 aromatic carbocycles. The Morgan fingerprint density at radius 1 is 1.56 bits per heavy atom. The minimum absolute atomic E-state index is 0.0921. The number of carbonyl (C=O) groups is 3. The van der Waals surface area contributed by atoms with E-state index in [1.54, 1.807) is 13.8 Å². The van der Waals surface area contributed by atoms with Crippen LogP contribution in [0.5, 0.6) is 0 Å². The van der Waals surface area contributed by atoms with Gasteiger partial charge in [0.25, 0.3) is 0 Å². The Bertz CT molecular complexity index is 342. The zero-order valence-electron chi connectivity index (χ0n) is 10.5. The molecule has 102 valence electrons. The van der Waals surface area contributed by atoms with E-state index in [9.17, 15) is 14.4 Å². The Morgan fingerprint density at radius 3 is 2.78 bits per heavy atom. The summed E-state index contributed by atoms with van der Waals surface area (Å²) in [6.45, 7) is 4.10. The van der Waals surface area contributed by atoms with Crippen molar-refractivity contribution < 1.29 is 24.2 Å². The van der Waals surface area contributed by atoms with E-state index in [4.69, 9.17) is 9.84 Å². The number of amides is 2. The highest BCUT2D eigenvalue weighted by Crippen LogP contribution is 2.10. The second-order valence-corrected chi connectivity index (χ2v) is 4.35. The molecule has 0 bridgehead atoms. The zero-order chi connectivity index (χ0) is 13.7. The quantitative estimate of drug-likeness (QED) is 0.674. The van der Waals surface area contributed by atoms with Crippen molar-refractivity contribution in [2.45, 2.75) is 32.4 Å². The molecule has 0 radical (unpaired) electrons. The summed E-state index contributed by atoms with van der Waals surface area (Å²) in [6.07, 6.45) is -0.482. The first-order valence-corrected chi connectivity index (χ1v) is 5.82. The van der Waals surface area contributed by atoms with Gasteiger partial charge in [-0.3, -0.25) is 14.4 Å². The number of hydrogen-bond donors (Lipinski definition) is 2. The predicted octanol–water partition coefficient (Wildman–Crippen LogP) is -0.787. The zero-order valence-corrected chi connectivity index (χ0v) is 10.5. The number of piperazine rings is 1. The van der Waals surface area contributed by atoms with Gasteiger partial charge in [0.2, 0.25) is 11.8 Å². The van der Waals surface area contributed by atoms with Gasteiger partial charge in [0.15, 0.2) is 0 Å². The maximum absolute atomic E-state index is 11.9. The number of carbonyl (C=O) groups excluding carboxylic acids is 2. The van der Waals surface area contributed by atoms with Crippen LogP contribution in [0.2, 0.25) is 0 Å². The molecular weight excluding hydrogens is 240 g/mol. The lowest BCUT2D eigenvalue weighted by atomic mass is 10.1. The Balaban J connectivity index is 2.66. The molecule has 1 saturated heterocycles. The summed E-state index contributed by atoms with van der Waals surface area (Å²) in [5.74, 6) is -1.90. The Hall–Kier alpha value is -1.63. The normalized spacial score (nSPS) is 19.8. The maximum Gasteiger partial charge on any atom is 0.305 e. The minimum Gasteiger partial charge on any atom is -0.481 e. The van der Waals surface area contributed by atoms with Crippen molar-refractivity contribution in [1.29, 1.82) is 0 Å². The number of nitrogens with one attached hydrogen (secondary N) is 1. The number of ether oxygens (including phenoxy) is 1. The molecule has 0 spiro atoms. The Kier molecular flexibility index (Phi) is 5.08. The Morgan fingerprint density at radius 2 is 2.22 bits per heavy atom. The summed E-state index contributed by atoms with van der Waals surface area (Å²) < 4.78 is 5.18. The van der Waals surface area contributed by atoms with Crippen molar-refractivity contribution in [1.82, 2.24) is 10.2 Å². The highest BCUT2D eigenvalue weighted by molar-refractivity contribution is 5.91. The molecular formula is C11H18N2O5. The first kappa shape index (κ1) is 14.4. The van der Waals surface area contributed by atoms with Gasteiger partial charge in [-0.25, -0.2) is 0 Å². The second kappa shape index (κ2) is 6.34. The van der Waals surface area contributed by atoms with E-state index in [1.165, 1.54) is 4.90 Å². The van der Waals surface area contributed by atoms with Crippen LogP contribution in [0.25, 0.3) is 0 Å². The average molecular weight is 258 g/mol. The number of aliphatic carboxylic acids is 1. The summed E-state index contributed by atoms with van der Waals surface area (Å²) in [5, 5.41) is 11.3. The van der Waals surface area contributed by atoms with Gasteiger partial charge in [0, 0.05) is 13.1 Å². The molecule has 1 aliphatic rings. The number of carboxylic acids is 1. The molecule has 1 atom stereocenters. The van der Waals surface area contributed by atoms with E-state index in [2.05, 4.69) is 5.32 Å². The third-order valence-corrected chi connectivity index (χ3v) is 2.56. The SMILES string of the molecule is CC(C)OCC(=O)N1CCNC(=O)C1CC(=O)O. The monoisotopic (exact) mass is 258 g/mol. The van der Waals surface area contributed by atoms with Crippen molar-refractivity contribution in [3.8, 4) is 0 Å². The van der Waals surface area contributed by atoms with Gasteiger partial charge >= 0.3 is 5.97 Å². The summed E-state index contributed by atoms with van der Waals surface area (Å²) in [5.41, 5.74) is 0. The lowest BCUT2D eigenvalue weighted by Gasteiger charge is -2.34.